The molecule has 1 amide bonds. The van der Waals surface area contributed by atoms with Gasteiger partial charge in [0, 0.05) is 25.7 Å². The summed E-state index contributed by atoms with van der Waals surface area (Å²) < 4.78 is 31.1. The minimum atomic E-state index is -3.42. The topological polar surface area (TPSA) is 75.7 Å². The van der Waals surface area contributed by atoms with Crippen molar-refractivity contribution in [1.82, 2.24) is 5.32 Å². The van der Waals surface area contributed by atoms with Gasteiger partial charge in [0.1, 0.15) is 0 Å². The highest BCUT2D eigenvalue weighted by molar-refractivity contribution is 7.92. The minimum absolute atomic E-state index is 0.0201. The molecule has 1 aliphatic rings. The maximum Gasteiger partial charge on any atom is 0.232 e. The Kier molecular flexibility index (Phi) is 6.23. The summed E-state index contributed by atoms with van der Waals surface area (Å²) in [5, 5.41) is 2.86. The zero-order valence-corrected chi connectivity index (χ0v) is 15.4. The number of sulfonamides is 1. The first-order chi connectivity index (χ1) is 11.3. The number of carbonyl (C=O) groups is 1. The fourth-order valence-corrected chi connectivity index (χ4v) is 4.07. The highest BCUT2D eigenvalue weighted by Gasteiger charge is 2.23. The van der Waals surface area contributed by atoms with Crippen molar-refractivity contribution < 1.29 is 17.9 Å². The number of ether oxygens (including phenoxy) is 1. The molecule has 0 aliphatic carbocycles. The summed E-state index contributed by atoms with van der Waals surface area (Å²) in [6.07, 6.45) is 2.64. The molecule has 7 heteroatoms. The average molecular weight is 354 g/mol. The second kappa shape index (κ2) is 7.98. The molecule has 0 atom stereocenters. The Morgan fingerprint density at radius 1 is 1.25 bits per heavy atom. The van der Waals surface area contributed by atoms with E-state index in [9.17, 15) is 13.2 Å². The summed E-state index contributed by atoms with van der Waals surface area (Å²) in [5.74, 6) is -0.0566. The molecule has 134 valence electrons. The summed E-state index contributed by atoms with van der Waals surface area (Å²) >= 11 is 0. The summed E-state index contributed by atoms with van der Waals surface area (Å²) in [7, 11) is -3.42. The number of nitrogens with zero attached hydrogens (tertiary/aromatic N) is 1. The highest BCUT2D eigenvalue weighted by atomic mass is 32.2. The molecule has 0 spiro atoms. The second-order valence-corrected chi connectivity index (χ2v) is 8.16. The molecule has 0 aromatic heterocycles. The van der Waals surface area contributed by atoms with E-state index in [2.05, 4.69) is 5.32 Å². The Labute approximate surface area is 144 Å². The fraction of sp³-hybridized carbons (Fsp3) is 0.588. The third kappa shape index (κ3) is 4.70. The van der Waals surface area contributed by atoms with E-state index in [4.69, 9.17) is 4.74 Å². The molecule has 24 heavy (non-hydrogen) atoms. The van der Waals surface area contributed by atoms with Crippen LogP contribution >= 0.6 is 0 Å². The SMILES string of the molecule is Cc1cccc(C)c1N(CCNC(=O)C1CCOCC1)S(C)(=O)=O. The molecule has 1 fully saturated rings. The second-order valence-electron chi connectivity index (χ2n) is 6.25. The Morgan fingerprint density at radius 3 is 2.38 bits per heavy atom. The standard InChI is InChI=1S/C17H26N2O4S/c1-13-5-4-6-14(2)16(13)19(24(3,21)22)10-9-18-17(20)15-7-11-23-12-8-15/h4-6,15H,7-12H2,1-3H3,(H,18,20). The number of nitrogens with one attached hydrogen (secondary N) is 1. The first-order valence-electron chi connectivity index (χ1n) is 8.20. The Balaban J connectivity index is 2.04. The number of hydrogen-bond donors (Lipinski definition) is 1. The van der Waals surface area contributed by atoms with Gasteiger partial charge >= 0.3 is 0 Å². The Hall–Kier alpha value is -1.60. The number of benzene rings is 1. The Morgan fingerprint density at radius 2 is 1.83 bits per heavy atom. The number of anilines is 1. The van der Waals surface area contributed by atoms with Gasteiger partial charge < -0.3 is 10.1 Å². The van der Waals surface area contributed by atoms with E-state index in [-0.39, 0.29) is 24.9 Å². The van der Waals surface area contributed by atoms with Crippen LogP contribution in [0.2, 0.25) is 0 Å². The van der Waals surface area contributed by atoms with Crippen LogP contribution in [0.3, 0.4) is 0 Å². The maximum atomic E-state index is 12.2. The largest absolute Gasteiger partial charge is 0.381 e. The van der Waals surface area contributed by atoms with Crippen molar-refractivity contribution in [2.24, 2.45) is 5.92 Å². The Bertz CT molecular complexity index is 662. The first kappa shape index (κ1) is 18.7. The molecule has 1 aromatic carbocycles. The van der Waals surface area contributed by atoms with Crippen molar-refractivity contribution in [3.63, 3.8) is 0 Å². The van der Waals surface area contributed by atoms with E-state index in [0.29, 0.717) is 18.9 Å². The molecule has 1 aromatic rings. The number of aryl methyl sites for hydroxylation is 2. The lowest BCUT2D eigenvalue weighted by Gasteiger charge is -2.27. The number of para-hydroxylation sites is 1. The average Bonchev–Trinajstić information content (AvgIpc) is 2.52. The molecular formula is C17H26N2O4S. The van der Waals surface area contributed by atoms with Gasteiger partial charge in [0.05, 0.1) is 18.5 Å². The predicted octanol–water partition coefficient (Wildman–Crippen LogP) is 1.61. The molecule has 1 heterocycles. The predicted molar refractivity (Wildman–Crippen MR) is 94.7 cm³/mol. The summed E-state index contributed by atoms with van der Waals surface area (Å²) in [5.41, 5.74) is 2.49. The lowest BCUT2D eigenvalue weighted by molar-refractivity contribution is -0.127. The van der Waals surface area contributed by atoms with E-state index >= 15 is 0 Å². The van der Waals surface area contributed by atoms with Crippen LogP contribution in [-0.4, -0.2) is 46.9 Å². The van der Waals surface area contributed by atoms with Crippen molar-refractivity contribution >= 4 is 21.6 Å². The first-order valence-corrected chi connectivity index (χ1v) is 10.0. The van der Waals surface area contributed by atoms with Crippen LogP contribution in [-0.2, 0) is 19.6 Å². The zero-order chi connectivity index (χ0) is 17.7. The van der Waals surface area contributed by atoms with Gasteiger partial charge in [-0.25, -0.2) is 8.42 Å². The molecule has 2 rings (SSSR count). The van der Waals surface area contributed by atoms with Crippen molar-refractivity contribution in [2.45, 2.75) is 26.7 Å². The molecule has 0 unspecified atom stereocenters. The van der Waals surface area contributed by atoms with Gasteiger partial charge in [0.15, 0.2) is 0 Å². The van der Waals surface area contributed by atoms with Crippen LogP contribution in [0.15, 0.2) is 18.2 Å². The van der Waals surface area contributed by atoms with Crippen LogP contribution in [0.25, 0.3) is 0 Å². The summed E-state index contributed by atoms with van der Waals surface area (Å²) in [4.78, 5) is 12.2. The molecule has 1 N–H and O–H groups in total. The highest BCUT2D eigenvalue weighted by Crippen LogP contribution is 2.26. The molecule has 0 radical (unpaired) electrons. The van der Waals surface area contributed by atoms with Crippen molar-refractivity contribution in [2.75, 3.05) is 36.9 Å². The van der Waals surface area contributed by atoms with Gasteiger partial charge in [-0.15, -0.1) is 0 Å². The van der Waals surface area contributed by atoms with E-state index in [1.54, 1.807) is 0 Å². The van der Waals surface area contributed by atoms with Gasteiger partial charge in [-0.1, -0.05) is 18.2 Å². The molecule has 1 saturated heterocycles. The summed E-state index contributed by atoms with van der Waals surface area (Å²) in [6.45, 7) is 5.50. The van der Waals surface area contributed by atoms with Crippen LogP contribution in [0.1, 0.15) is 24.0 Å². The van der Waals surface area contributed by atoms with E-state index in [1.807, 2.05) is 32.0 Å². The van der Waals surface area contributed by atoms with Crippen LogP contribution in [0.5, 0.6) is 0 Å². The van der Waals surface area contributed by atoms with Crippen molar-refractivity contribution in [1.29, 1.82) is 0 Å². The lowest BCUT2D eigenvalue weighted by atomic mass is 9.99. The van der Waals surface area contributed by atoms with Crippen molar-refractivity contribution in [3.8, 4) is 0 Å². The third-order valence-electron chi connectivity index (χ3n) is 4.30. The van der Waals surface area contributed by atoms with E-state index < -0.39 is 10.0 Å². The number of rotatable bonds is 6. The van der Waals surface area contributed by atoms with Crippen LogP contribution in [0, 0.1) is 19.8 Å². The van der Waals surface area contributed by atoms with Crippen molar-refractivity contribution in [3.05, 3.63) is 29.3 Å². The van der Waals surface area contributed by atoms with E-state index in [1.165, 1.54) is 10.6 Å². The third-order valence-corrected chi connectivity index (χ3v) is 5.46. The quantitative estimate of drug-likeness (QED) is 0.842. The van der Waals surface area contributed by atoms with Gasteiger partial charge in [-0.05, 0) is 37.8 Å². The number of amides is 1. The fourth-order valence-electron chi connectivity index (χ4n) is 3.03. The molecule has 1 aliphatic heterocycles. The van der Waals surface area contributed by atoms with Gasteiger partial charge in [0.25, 0.3) is 0 Å². The molecule has 0 bridgehead atoms. The molecule has 0 saturated carbocycles. The van der Waals surface area contributed by atoms with E-state index in [0.717, 1.165) is 24.0 Å². The molecule has 6 nitrogen and oxygen atoms in total. The maximum absolute atomic E-state index is 12.2. The number of carbonyl (C=O) groups excluding carboxylic acids is 1. The van der Waals surface area contributed by atoms with Crippen LogP contribution < -0.4 is 9.62 Å². The number of hydrogen-bond acceptors (Lipinski definition) is 4. The normalized spacial score (nSPS) is 16.0. The zero-order valence-electron chi connectivity index (χ0n) is 14.5. The smallest absolute Gasteiger partial charge is 0.232 e. The minimum Gasteiger partial charge on any atom is -0.381 e. The van der Waals surface area contributed by atoms with Crippen LogP contribution in [0.4, 0.5) is 5.69 Å². The van der Waals surface area contributed by atoms with Gasteiger partial charge in [-0.3, -0.25) is 9.10 Å². The monoisotopic (exact) mass is 354 g/mol. The van der Waals surface area contributed by atoms with Gasteiger partial charge in [-0.2, -0.15) is 0 Å². The lowest BCUT2D eigenvalue weighted by Crippen LogP contribution is -2.41. The summed E-state index contributed by atoms with van der Waals surface area (Å²) in [6, 6.07) is 5.68. The molecular weight excluding hydrogens is 328 g/mol. The van der Waals surface area contributed by atoms with Gasteiger partial charge in [0.2, 0.25) is 15.9 Å².